The predicted molar refractivity (Wildman–Crippen MR) is 194 cm³/mol. The molecule has 0 saturated heterocycles. The average molecular weight is 836 g/mol. The van der Waals surface area contributed by atoms with E-state index in [4.69, 9.17) is 9.72 Å². The van der Waals surface area contributed by atoms with Crippen LogP contribution in [0.2, 0.25) is 16.6 Å². The summed E-state index contributed by atoms with van der Waals surface area (Å²) < 4.78 is 8.16. The van der Waals surface area contributed by atoms with Crippen molar-refractivity contribution < 1.29 is 34.7 Å². The molecule has 3 heterocycles. The van der Waals surface area contributed by atoms with Crippen molar-refractivity contribution in [3.8, 4) is 22.8 Å². The Hall–Kier alpha value is -2.38. The van der Waals surface area contributed by atoms with E-state index >= 15 is 0 Å². The minimum Gasteiger partial charge on any atom is -0.512 e. The van der Waals surface area contributed by atoms with E-state index in [0.717, 1.165) is 69.4 Å². The van der Waals surface area contributed by atoms with Crippen LogP contribution in [0.1, 0.15) is 94.9 Å². The van der Waals surface area contributed by atoms with E-state index < -0.39 is 8.07 Å². The Morgan fingerprint density at radius 2 is 1.52 bits per heavy atom. The van der Waals surface area contributed by atoms with Crippen molar-refractivity contribution in [2.45, 2.75) is 112 Å². The number of aromatic nitrogens is 2. The minimum atomic E-state index is -1.90. The topological polar surface area (TPSA) is 72.3 Å². The van der Waals surface area contributed by atoms with Gasteiger partial charge in [-0.05, 0) is 42.3 Å². The summed E-state index contributed by atoms with van der Waals surface area (Å²) in [5.41, 5.74) is 3.72. The molecule has 0 bridgehead atoms. The van der Waals surface area contributed by atoms with Gasteiger partial charge in [0.15, 0.2) is 5.78 Å². The van der Waals surface area contributed by atoms with E-state index in [0.29, 0.717) is 16.6 Å². The van der Waals surface area contributed by atoms with E-state index in [9.17, 15) is 9.90 Å². The van der Waals surface area contributed by atoms with Crippen LogP contribution in [0.3, 0.4) is 0 Å². The van der Waals surface area contributed by atoms with E-state index in [1.54, 1.807) is 6.33 Å². The maximum absolute atomic E-state index is 11.7. The number of fused-ring (bicyclic) bond motifs is 3. The van der Waals surface area contributed by atoms with Gasteiger partial charge in [-0.15, -0.1) is 28.9 Å². The van der Waals surface area contributed by atoms with E-state index in [1.807, 2.05) is 45.1 Å². The van der Waals surface area contributed by atoms with Crippen molar-refractivity contribution in [2.75, 3.05) is 0 Å². The molecule has 8 heteroatoms. The Kier molecular flexibility index (Phi) is 13.4. The van der Waals surface area contributed by atoms with Gasteiger partial charge in [-0.1, -0.05) is 104 Å². The summed E-state index contributed by atoms with van der Waals surface area (Å²) in [4.78, 5) is 22.1. The molecule has 0 atom stereocenters. The number of benzene rings is 2. The molecule has 0 spiro atoms. The molecule has 1 aliphatic heterocycles. The molecule has 0 amide bonds. The van der Waals surface area contributed by atoms with E-state index in [2.05, 4.69) is 76.9 Å². The van der Waals surface area contributed by atoms with Crippen LogP contribution in [0, 0.1) is 17.9 Å². The molecule has 1 radical (unpaired) electrons. The second-order valence-corrected chi connectivity index (χ2v) is 20.4. The van der Waals surface area contributed by atoms with Gasteiger partial charge in [-0.3, -0.25) is 9.78 Å². The summed E-state index contributed by atoms with van der Waals surface area (Å²) in [7, 11) is -1.90. The summed E-state index contributed by atoms with van der Waals surface area (Å²) in [6, 6.07) is 14.0. The summed E-state index contributed by atoms with van der Waals surface area (Å²) >= 11 is 1.84. The first-order chi connectivity index (χ1) is 21.5. The molecule has 0 saturated carbocycles. The van der Waals surface area contributed by atoms with Crippen LogP contribution in [0.4, 0.5) is 0 Å². The van der Waals surface area contributed by atoms with Crippen molar-refractivity contribution >= 4 is 50.7 Å². The Balaban J connectivity index is 0.000000309. The van der Waals surface area contributed by atoms with E-state index in [-0.39, 0.29) is 43.5 Å². The fourth-order valence-corrected chi connectivity index (χ4v) is 17.6. The largest absolute Gasteiger partial charge is 0.512 e. The zero-order chi connectivity index (χ0) is 33.1. The third-order valence-corrected chi connectivity index (χ3v) is 19.0. The van der Waals surface area contributed by atoms with Crippen LogP contribution >= 0.6 is 11.3 Å². The maximum Gasteiger partial charge on any atom is 0.162 e. The van der Waals surface area contributed by atoms with Gasteiger partial charge in [0, 0.05) is 53.6 Å². The zero-order valence-electron chi connectivity index (χ0n) is 29.2. The van der Waals surface area contributed by atoms with Crippen molar-refractivity contribution in [1.82, 2.24) is 9.97 Å². The Labute approximate surface area is 294 Å². The quantitative estimate of drug-likeness (QED) is 0.0621. The molecule has 5 nitrogen and oxygen atoms in total. The molecular weight excluding hydrogens is 785 g/mol. The van der Waals surface area contributed by atoms with Crippen LogP contribution in [0.25, 0.3) is 32.2 Å². The van der Waals surface area contributed by atoms with Crippen LogP contribution < -0.4 is 9.24 Å². The SMILES string of the molecule is CC(C)[Si](c1sc2ncnc3c2c1Oc1cc2ccccc2[c-]c1-3)(C(C)C)C(C)C.CCC(CC)C(=O)/C=C(\O)C(CC)CC.[Ir]. The Bertz CT molecular complexity index is 1650. The Morgan fingerprint density at radius 1 is 0.935 bits per heavy atom. The summed E-state index contributed by atoms with van der Waals surface area (Å²) in [5.74, 6) is 2.43. The number of carbonyl (C=O) groups excluding carboxylic acids is 1. The van der Waals surface area contributed by atoms with Crippen LogP contribution in [0.5, 0.6) is 11.5 Å². The summed E-state index contributed by atoms with van der Waals surface area (Å²) in [6.45, 7) is 22.5. The summed E-state index contributed by atoms with van der Waals surface area (Å²) in [6.07, 6.45) is 6.60. The van der Waals surface area contributed by atoms with Crippen molar-refractivity contribution in [2.24, 2.45) is 11.8 Å². The zero-order valence-corrected chi connectivity index (χ0v) is 33.4. The number of ether oxygens (including phenoxy) is 1. The number of allylic oxidation sites excluding steroid dienone is 2. The first-order valence-electron chi connectivity index (χ1n) is 16.8. The molecule has 0 aliphatic carbocycles. The van der Waals surface area contributed by atoms with Gasteiger partial charge in [0.2, 0.25) is 0 Å². The van der Waals surface area contributed by atoms with Gasteiger partial charge in [0.25, 0.3) is 0 Å². The second kappa shape index (κ2) is 16.1. The first kappa shape index (κ1) is 38.1. The predicted octanol–water partition coefficient (Wildman–Crippen LogP) is 11.2. The molecule has 1 aliphatic rings. The van der Waals surface area contributed by atoms with Gasteiger partial charge in [-0.2, -0.15) is 0 Å². The number of thiophene rings is 1. The molecule has 4 aromatic rings. The van der Waals surface area contributed by atoms with Crippen molar-refractivity contribution in [3.05, 3.63) is 54.6 Å². The smallest absolute Gasteiger partial charge is 0.162 e. The minimum absolute atomic E-state index is 0. The van der Waals surface area contributed by atoms with Crippen LogP contribution in [-0.2, 0) is 24.9 Å². The number of aliphatic hydroxyl groups excluding tert-OH is 1. The van der Waals surface area contributed by atoms with Crippen LogP contribution in [0.15, 0.2) is 48.5 Å². The van der Waals surface area contributed by atoms with Gasteiger partial charge in [-0.25, -0.2) is 4.98 Å². The Morgan fingerprint density at radius 3 is 2.09 bits per heavy atom. The molecule has 5 rings (SSSR count). The van der Waals surface area contributed by atoms with Crippen LogP contribution in [-0.4, -0.2) is 28.9 Å². The number of ketones is 1. The number of rotatable bonds is 11. The number of hydrogen-bond donors (Lipinski definition) is 1. The number of aliphatic hydroxyl groups is 1. The van der Waals surface area contributed by atoms with Gasteiger partial charge < -0.3 is 9.84 Å². The number of carbonyl (C=O) groups is 1. The normalized spacial score (nSPS) is 12.9. The molecule has 2 aromatic carbocycles. The maximum atomic E-state index is 11.7. The molecular formula is C38H51IrN2O3SSi-. The number of nitrogens with zero attached hydrogens (tertiary/aromatic N) is 2. The third kappa shape index (κ3) is 7.06. The average Bonchev–Trinajstić information content (AvgIpc) is 3.36. The first-order valence-corrected chi connectivity index (χ1v) is 19.9. The fourth-order valence-electron chi connectivity index (χ4n) is 7.56. The third-order valence-electron chi connectivity index (χ3n) is 9.99. The van der Waals surface area contributed by atoms with Gasteiger partial charge >= 0.3 is 0 Å². The monoisotopic (exact) mass is 836 g/mol. The molecule has 0 fully saturated rings. The number of hydrogen-bond acceptors (Lipinski definition) is 6. The standard InChI is InChI=1S/C25H27N2OSSi.C13H24O2.Ir/c1-14(2)30(15(3)4,16(5)6)25-23-21-22(26-13-27-24(21)29-25)19-11-17-9-7-8-10-18(17)12-20(19)28-23;1-5-10(6-2)12(14)9-13(15)11(7-3)8-4;/h7-10,12-16H,1-6H3;9-11,14H,5-8H2,1-4H3;/q-1;;/b;12-9-;. The van der Waals surface area contributed by atoms with Gasteiger partial charge in [0.1, 0.15) is 25.0 Å². The molecule has 2 aromatic heterocycles. The molecule has 46 heavy (non-hydrogen) atoms. The molecule has 1 N–H and O–H groups in total. The molecule has 251 valence electrons. The summed E-state index contributed by atoms with van der Waals surface area (Å²) in [5, 5.41) is 13.1. The van der Waals surface area contributed by atoms with E-state index in [1.165, 1.54) is 10.6 Å². The van der Waals surface area contributed by atoms with Gasteiger partial charge in [0.05, 0.1) is 11.5 Å². The van der Waals surface area contributed by atoms with Crippen molar-refractivity contribution in [3.63, 3.8) is 0 Å². The fraction of sp³-hybridized carbons (Fsp3) is 0.500. The molecule has 0 unspecified atom stereocenters. The van der Waals surface area contributed by atoms with Crippen molar-refractivity contribution in [1.29, 1.82) is 0 Å². The second-order valence-electron chi connectivity index (χ2n) is 13.3.